The van der Waals surface area contributed by atoms with Crippen LogP contribution < -0.4 is 0 Å². The number of allylic oxidation sites excluding steroid dienone is 20. The van der Waals surface area contributed by atoms with E-state index in [2.05, 4.69) is 134 Å². The zero-order valence-corrected chi connectivity index (χ0v) is 28.3. The number of aliphatic hydroxyl groups is 1. The molecule has 41 heavy (non-hydrogen) atoms. The molecule has 0 aliphatic heterocycles. The normalized spacial score (nSPS) is 15.2. The molecule has 228 valence electrons. The first-order chi connectivity index (χ1) is 19.3. The monoisotopic (exact) mass is 558 g/mol. The zero-order valence-electron chi connectivity index (χ0n) is 28.3. The Kier molecular flexibility index (Phi) is 21.5. The van der Waals surface area contributed by atoms with Crippen LogP contribution in [0, 0.1) is 0 Å². The van der Waals surface area contributed by atoms with Gasteiger partial charge in [0, 0.05) is 0 Å². The average Bonchev–Trinajstić information content (AvgIpc) is 2.85. The molecule has 0 spiro atoms. The van der Waals surface area contributed by atoms with Gasteiger partial charge in [-0.3, -0.25) is 0 Å². The van der Waals surface area contributed by atoms with Crippen molar-refractivity contribution in [3.8, 4) is 0 Å². The smallest absolute Gasteiger partial charge is 0.0591 e. The van der Waals surface area contributed by atoms with Crippen LogP contribution in [0.15, 0.2) is 118 Å². The van der Waals surface area contributed by atoms with E-state index in [4.69, 9.17) is 0 Å². The zero-order chi connectivity index (χ0) is 31.1. The van der Waals surface area contributed by atoms with Gasteiger partial charge < -0.3 is 5.11 Å². The Morgan fingerprint density at radius 3 is 1.37 bits per heavy atom. The highest BCUT2D eigenvalue weighted by atomic mass is 16.3. The van der Waals surface area contributed by atoms with Crippen molar-refractivity contribution >= 4 is 0 Å². The molecule has 0 atom stereocenters. The first kappa shape index (κ1) is 38.4. The maximum absolute atomic E-state index is 9.83. The molecule has 0 aromatic heterocycles. The highest BCUT2D eigenvalue weighted by Gasteiger charge is 2.11. The Hall–Kier alpha value is -2.64. The molecule has 1 heteroatoms. The molecule has 0 saturated carbocycles. The van der Waals surface area contributed by atoms with Crippen LogP contribution in [0.1, 0.15) is 127 Å². The molecule has 0 aromatic carbocycles. The second-order valence-electron chi connectivity index (χ2n) is 12.6. The van der Waals surface area contributed by atoms with Crippen LogP contribution in [0.4, 0.5) is 0 Å². The largest absolute Gasteiger partial charge is 0.390 e. The van der Waals surface area contributed by atoms with Crippen molar-refractivity contribution in [3.63, 3.8) is 0 Å². The van der Waals surface area contributed by atoms with Gasteiger partial charge in [0.2, 0.25) is 0 Å². The van der Waals surface area contributed by atoms with E-state index in [9.17, 15) is 5.11 Å². The fourth-order valence-electron chi connectivity index (χ4n) is 4.11. The summed E-state index contributed by atoms with van der Waals surface area (Å²) in [5, 5.41) is 9.83. The van der Waals surface area contributed by atoms with Crippen LogP contribution in [-0.4, -0.2) is 10.7 Å². The van der Waals surface area contributed by atoms with E-state index in [1.807, 2.05) is 13.8 Å². The fraction of sp³-hybridized carbons (Fsp3) is 0.500. The number of rotatable bonds is 19. The molecule has 0 radical (unpaired) electrons. The third-order valence-corrected chi connectivity index (χ3v) is 6.82. The lowest BCUT2D eigenvalue weighted by atomic mass is 9.99. The van der Waals surface area contributed by atoms with Crippen molar-refractivity contribution in [1.82, 2.24) is 0 Å². The van der Waals surface area contributed by atoms with Crippen LogP contribution in [-0.2, 0) is 0 Å². The number of hydrogen-bond acceptors (Lipinski definition) is 1. The van der Waals surface area contributed by atoms with E-state index >= 15 is 0 Å². The van der Waals surface area contributed by atoms with Crippen molar-refractivity contribution in [2.45, 2.75) is 133 Å². The maximum Gasteiger partial charge on any atom is 0.0591 e. The van der Waals surface area contributed by atoms with Crippen LogP contribution in [0.25, 0.3) is 0 Å². The van der Waals surface area contributed by atoms with Crippen LogP contribution in [0.2, 0.25) is 0 Å². The van der Waals surface area contributed by atoms with Crippen molar-refractivity contribution in [2.75, 3.05) is 0 Å². The lowest BCUT2D eigenvalue weighted by Crippen LogP contribution is -2.17. The van der Waals surface area contributed by atoms with Gasteiger partial charge in [-0.15, -0.1) is 0 Å². The molecule has 0 aromatic rings. The third kappa shape index (κ3) is 27.3. The van der Waals surface area contributed by atoms with Crippen molar-refractivity contribution in [1.29, 1.82) is 0 Å². The molecule has 0 saturated heterocycles. The lowest BCUT2D eigenvalue weighted by Gasteiger charge is -2.16. The summed E-state index contributed by atoms with van der Waals surface area (Å²) in [4.78, 5) is 0. The summed E-state index contributed by atoms with van der Waals surface area (Å²) in [6.07, 6.45) is 38.3. The summed E-state index contributed by atoms with van der Waals surface area (Å²) in [7, 11) is 0. The van der Waals surface area contributed by atoms with Gasteiger partial charge >= 0.3 is 0 Å². The van der Waals surface area contributed by atoms with Gasteiger partial charge in [0.25, 0.3) is 0 Å². The molecule has 0 fully saturated rings. The first-order valence-electron chi connectivity index (χ1n) is 15.6. The minimum Gasteiger partial charge on any atom is -0.390 e. The Morgan fingerprint density at radius 2 is 0.927 bits per heavy atom. The van der Waals surface area contributed by atoms with Crippen LogP contribution in [0.5, 0.6) is 0 Å². The van der Waals surface area contributed by atoms with Crippen LogP contribution >= 0.6 is 0 Å². The standard InChI is InChI=1S/C40H62O/c1-33(2)19-13-22-36(5)25-16-28-37(6)26-14-23-34(3)20-11-12-21-35(4)24-15-27-38(7)29-17-30-39(8)31-18-32-40(9,10)41/h11-12,14-15,19-21,23-27,30,41H,13,16-18,22,28-29,31-32H2,1-10H3/b12-11+,23-14+,24-15+,34-20+,35-21+,36-25+,37-26+,38-27+,39-30+. The summed E-state index contributed by atoms with van der Waals surface area (Å²) in [5.74, 6) is 0. The highest BCUT2D eigenvalue weighted by Crippen LogP contribution is 2.17. The Morgan fingerprint density at radius 1 is 0.512 bits per heavy atom. The Balaban J connectivity index is 4.50. The van der Waals surface area contributed by atoms with Gasteiger partial charge in [-0.25, -0.2) is 0 Å². The van der Waals surface area contributed by atoms with Gasteiger partial charge in [-0.2, -0.15) is 0 Å². The van der Waals surface area contributed by atoms with E-state index < -0.39 is 5.60 Å². The minimum atomic E-state index is -0.555. The molecule has 0 amide bonds. The summed E-state index contributed by atoms with van der Waals surface area (Å²) < 4.78 is 0. The fourth-order valence-corrected chi connectivity index (χ4v) is 4.11. The first-order valence-corrected chi connectivity index (χ1v) is 15.6. The van der Waals surface area contributed by atoms with Crippen LogP contribution in [0.3, 0.4) is 0 Å². The molecule has 0 aliphatic carbocycles. The maximum atomic E-state index is 9.83. The Labute approximate surface area is 255 Å². The predicted molar refractivity (Wildman–Crippen MR) is 187 cm³/mol. The van der Waals surface area contributed by atoms with Gasteiger partial charge in [-0.1, -0.05) is 118 Å². The third-order valence-electron chi connectivity index (χ3n) is 6.82. The molecule has 1 nitrogen and oxygen atoms in total. The minimum absolute atomic E-state index is 0.555. The molecule has 0 bridgehead atoms. The predicted octanol–water partition coefficient (Wildman–Crippen LogP) is 12.6. The molecule has 0 aliphatic rings. The van der Waals surface area contributed by atoms with E-state index in [0.29, 0.717) is 0 Å². The molecule has 0 unspecified atom stereocenters. The summed E-state index contributed by atoms with van der Waals surface area (Å²) in [6, 6.07) is 0. The summed E-state index contributed by atoms with van der Waals surface area (Å²) in [6.45, 7) is 21.2. The lowest BCUT2D eigenvalue weighted by molar-refractivity contribution is 0.0689. The second kappa shape index (κ2) is 23.0. The van der Waals surface area contributed by atoms with Gasteiger partial charge in [0.05, 0.1) is 5.60 Å². The molecule has 0 rings (SSSR count). The molecule has 1 N–H and O–H groups in total. The SMILES string of the molecule is CC(C)=CCC/C(C)=C/CC/C(C)=C/C=C/C(C)=C/C=C/C=C(C)/C=C/C=C(\C)CC/C=C(\C)CCCC(C)(C)O. The van der Waals surface area contributed by atoms with E-state index in [0.717, 1.165) is 57.8 Å². The second-order valence-corrected chi connectivity index (χ2v) is 12.6. The average molecular weight is 559 g/mol. The van der Waals surface area contributed by atoms with Crippen molar-refractivity contribution in [2.24, 2.45) is 0 Å². The van der Waals surface area contributed by atoms with E-state index in [1.54, 1.807) is 0 Å². The topological polar surface area (TPSA) is 20.2 Å². The molecular formula is C40H62O. The highest BCUT2D eigenvalue weighted by molar-refractivity contribution is 5.30. The van der Waals surface area contributed by atoms with E-state index in [1.165, 1.54) is 39.0 Å². The summed E-state index contributed by atoms with van der Waals surface area (Å²) in [5.41, 5.74) is 9.04. The van der Waals surface area contributed by atoms with Crippen molar-refractivity contribution in [3.05, 3.63) is 118 Å². The quantitative estimate of drug-likeness (QED) is 0.123. The molecule has 0 heterocycles. The van der Waals surface area contributed by atoms with Gasteiger partial charge in [0.1, 0.15) is 0 Å². The van der Waals surface area contributed by atoms with E-state index in [-0.39, 0.29) is 0 Å². The molecular weight excluding hydrogens is 496 g/mol. The van der Waals surface area contributed by atoms with Gasteiger partial charge in [0.15, 0.2) is 0 Å². The van der Waals surface area contributed by atoms with Crippen molar-refractivity contribution < 1.29 is 5.11 Å². The summed E-state index contributed by atoms with van der Waals surface area (Å²) >= 11 is 0. The Bertz CT molecular complexity index is 1040. The van der Waals surface area contributed by atoms with Gasteiger partial charge in [-0.05, 0) is 127 Å². The number of hydrogen-bond donors (Lipinski definition) is 1.